The topological polar surface area (TPSA) is 72.9 Å². The number of nitrogens with zero attached hydrogens (tertiary/aromatic N) is 2. The zero-order valence-electron chi connectivity index (χ0n) is 19.3. The van der Waals surface area contributed by atoms with Crippen LogP contribution in [0.15, 0.2) is 60.9 Å². The van der Waals surface area contributed by atoms with Gasteiger partial charge < -0.3 is 24.4 Å². The Kier molecular flexibility index (Phi) is 7.75. The monoisotopic (exact) mass is 481 g/mol. The Bertz CT molecular complexity index is 1130. The fraction of sp³-hybridized carbons (Fsp3) is 0.308. The van der Waals surface area contributed by atoms with E-state index < -0.39 is 0 Å². The molecule has 1 amide bonds. The van der Waals surface area contributed by atoms with Gasteiger partial charge in [0.15, 0.2) is 11.5 Å². The number of methoxy groups -OCH3 is 1. The summed E-state index contributed by atoms with van der Waals surface area (Å²) in [5.41, 5.74) is 2.41. The summed E-state index contributed by atoms with van der Waals surface area (Å²) in [6.45, 7) is 4.20. The maximum atomic E-state index is 13.0. The van der Waals surface area contributed by atoms with Crippen molar-refractivity contribution in [2.24, 2.45) is 0 Å². The second-order valence-electron chi connectivity index (χ2n) is 7.97. The van der Waals surface area contributed by atoms with Crippen LogP contribution in [0.1, 0.15) is 29.3 Å². The number of hydrogen-bond donors (Lipinski definition) is 1. The first kappa shape index (κ1) is 23.7. The SMILES string of the molecule is CCOc1cc(C(=O)NC2CCN(c3cc(Cl)ccc3OC)C2)ccc1OCc1cccnc1. The van der Waals surface area contributed by atoms with Crippen LogP contribution in [0.4, 0.5) is 5.69 Å². The molecular formula is C26H28ClN3O4. The lowest BCUT2D eigenvalue weighted by atomic mass is 10.1. The fourth-order valence-corrected chi connectivity index (χ4v) is 4.12. The average Bonchev–Trinajstić information content (AvgIpc) is 3.32. The molecule has 8 heteroatoms. The van der Waals surface area contributed by atoms with Crippen LogP contribution in [-0.4, -0.2) is 43.7 Å². The van der Waals surface area contributed by atoms with E-state index in [0.29, 0.717) is 41.8 Å². The summed E-state index contributed by atoms with van der Waals surface area (Å²) >= 11 is 6.19. The van der Waals surface area contributed by atoms with E-state index in [9.17, 15) is 4.79 Å². The first-order valence-electron chi connectivity index (χ1n) is 11.2. The number of nitrogens with one attached hydrogen (secondary N) is 1. The van der Waals surface area contributed by atoms with Gasteiger partial charge in [0.05, 0.1) is 19.4 Å². The van der Waals surface area contributed by atoms with Crippen molar-refractivity contribution in [3.63, 3.8) is 0 Å². The van der Waals surface area contributed by atoms with E-state index in [0.717, 1.165) is 30.0 Å². The van der Waals surface area contributed by atoms with Crippen molar-refractivity contribution in [1.82, 2.24) is 10.3 Å². The fourth-order valence-electron chi connectivity index (χ4n) is 3.96. The highest BCUT2D eigenvalue weighted by Gasteiger charge is 2.26. The van der Waals surface area contributed by atoms with Crippen molar-refractivity contribution >= 4 is 23.2 Å². The summed E-state index contributed by atoms with van der Waals surface area (Å²) in [6, 6.07) is 14.6. The Morgan fingerprint density at radius 3 is 2.76 bits per heavy atom. The minimum atomic E-state index is -0.148. The minimum Gasteiger partial charge on any atom is -0.495 e. The van der Waals surface area contributed by atoms with E-state index in [1.54, 1.807) is 43.8 Å². The highest BCUT2D eigenvalue weighted by molar-refractivity contribution is 6.31. The third-order valence-corrected chi connectivity index (χ3v) is 5.86. The Hall–Kier alpha value is -3.45. The molecule has 0 bridgehead atoms. The number of ether oxygens (including phenoxy) is 3. The maximum Gasteiger partial charge on any atom is 0.251 e. The van der Waals surface area contributed by atoms with Gasteiger partial charge in [-0.25, -0.2) is 0 Å². The summed E-state index contributed by atoms with van der Waals surface area (Å²) in [5, 5.41) is 3.79. The summed E-state index contributed by atoms with van der Waals surface area (Å²) < 4.78 is 17.1. The second-order valence-corrected chi connectivity index (χ2v) is 8.40. The zero-order chi connectivity index (χ0) is 23.9. The quantitative estimate of drug-likeness (QED) is 0.476. The minimum absolute atomic E-state index is 0.00763. The van der Waals surface area contributed by atoms with Gasteiger partial charge in [-0.3, -0.25) is 9.78 Å². The zero-order valence-corrected chi connectivity index (χ0v) is 20.0. The molecule has 1 saturated heterocycles. The number of aromatic nitrogens is 1. The number of halogens is 1. The molecule has 0 saturated carbocycles. The molecule has 0 radical (unpaired) electrons. The summed E-state index contributed by atoms with van der Waals surface area (Å²) in [6.07, 6.45) is 4.30. The van der Waals surface area contributed by atoms with Crippen molar-refractivity contribution in [1.29, 1.82) is 0 Å². The van der Waals surface area contributed by atoms with Crippen molar-refractivity contribution in [2.45, 2.75) is 26.0 Å². The lowest BCUT2D eigenvalue weighted by Crippen LogP contribution is -2.37. The number of pyridine rings is 1. The maximum absolute atomic E-state index is 13.0. The molecule has 1 N–H and O–H groups in total. The van der Waals surface area contributed by atoms with Crippen molar-refractivity contribution in [3.8, 4) is 17.2 Å². The van der Waals surface area contributed by atoms with Crippen molar-refractivity contribution in [3.05, 3.63) is 77.1 Å². The van der Waals surface area contributed by atoms with Crippen LogP contribution in [0.5, 0.6) is 17.2 Å². The van der Waals surface area contributed by atoms with Gasteiger partial charge in [0.25, 0.3) is 5.91 Å². The number of hydrogen-bond acceptors (Lipinski definition) is 6. The second kappa shape index (κ2) is 11.1. The molecule has 3 aromatic rings. The predicted octanol–water partition coefficient (Wildman–Crippen LogP) is 4.73. The molecule has 2 aromatic carbocycles. The summed E-state index contributed by atoms with van der Waals surface area (Å²) in [5.74, 6) is 1.74. The number of carbonyl (C=O) groups excluding carboxylic acids is 1. The molecule has 7 nitrogen and oxygen atoms in total. The van der Waals surface area contributed by atoms with E-state index in [4.69, 9.17) is 25.8 Å². The smallest absolute Gasteiger partial charge is 0.251 e. The van der Waals surface area contributed by atoms with E-state index in [-0.39, 0.29) is 11.9 Å². The average molecular weight is 482 g/mol. The van der Waals surface area contributed by atoms with Gasteiger partial charge in [-0.2, -0.15) is 0 Å². The molecule has 1 atom stereocenters. The number of amides is 1. The predicted molar refractivity (Wildman–Crippen MR) is 132 cm³/mol. The number of anilines is 1. The van der Waals surface area contributed by atoms with Crippen LogP contribution in [0, 0.1) is 0 Å². The number of rotatable bonds is 9. The summed E-state index contributed by atoms with van der Waals surface area (Å²) in [7, 11) is 1.64. The third-order valence-electron chi connectivity index (χ3n) is 5.63. The number of benzene rings is 2. The largest absolute Gasteiger partial charge is 0.495 e. The van der Waals surface area contributed by atoms with Crippen molar-refractivity contribution in [2.75, 3.05) is 31.7 Å². The normalized spacial score (nSPS) is 15.1. The molecular weight excluding hydrogens is 454 g/mol. The lowest BCUT2D eigenvalue weighted by molar-refractivity contribution is 0.0940. The van der Waals surface area contributed by atoms with Gasteiger partial charge >= 0.3 is 0 Å². The molecule has 178 valence electrons. The van der Waals surface area contributed by atoms with E-state index >= 15 is 0 Å². The Morgan fingerprint density at radius 1 is 1.15 bits per heavy atom. The number of carbonyl (C=O) groups is 1. The highest BCUT2D eigenvalue weighted by atomic mass is 35.5. The molecule has 4 rings (SSSR count). The van der Waals surface area contributed by atoms with Crippen LogP contribution in [0.25, 0.3) is 0 Å². The van der Waals surface area contributed by atoms with Gasteiger partial charge in [0.1, 0.15) is 12.4 Å². The Morgan fingerprint density at radius 2 is 2.00 bits per heavy atom. The van der Waals surface area contributed by atoms with Gasteiger partial charge in [-0.05, 0) is 55.8 Å². The highest BCUT2D eigenvalue weighted by Crippen LogP contribution is 2.34. The van der Waals surface area contributed by atoms with Crippen LogP contribution in [0.3, 0.4) is 0 Å². The Balaban J connectivity index is 1.41. The Labute approximate surface area is 204 Å². The van der Waals surface area contributed by atoms with Gasteiger partial charge in [-0.15, -0.1) is 0 Å². The van der Waals surface area contributed by atoms with E-state index in [1.165, 1.54) is 0 Å². The first-order valence-corrected chi connectivity index (χ1v) is 11.6. The van der Waals surface area contributed by atoms with Gasteiger partial charge in [-0.1, -0.05) is 17.7 Å². The summed E-state index contributed by atoms with van der Waals surface area (Å²) in [4.78, 5) is 19.3. The first-order chi connectivity index (χ1) is 16.6. The standard InChI is InChI=1S/C26H28ClN3O4/c1-3-33-25-13-19(6-8-24(25)34-17-18-5-4-11-28-15-18)26(31)29-21-10-12-30(16-21)22-14-20(27)7-9-23(22)32-2/h4-9,11,13-15,21H,3,10,12,16-17H2,1-2H3,(H,29,31). The van der Waals surface area contributed by atoms with Crippen molar-refractivity contribution < 1.29 is 19.0 Å². The molecule has 1 aromatic heterocycles. The lowest BCUT2D eigenvalue weighted by Gasteiger charge is -2.22. The third kappa shape index (κ3) is 5.72. The van der Waals surface area contributed by atoms with Crippen LogP contribution in [-0.2, 0) is 6.61 Å². The molecule has 34 heavy (non-hydrogen) atoms. The molecule has 1 unspecified atom stereocenters. The van der Waals surface area contributed by atoms with E-state index in [1.807, 2.05) is 31.2 Å². The molecule has 2 heterocycles. The van der Waals surface area contributed by atoms with Crippen LogP contribution < -0.4 is 24.4 Å². The molecule has 1 aliphatic heterocycles. The van der Waals surface area contributed by atoms with Gasteiger partial charge in [0.2, 0.25) is 0 Å². The van der Waals surface area contributed by atoms with E-state index in [2.05, 4.69) is 15.2 Å². The van der Waals surface area contributed by atoms with Crippen LogP contribution >= 0.6 is 11.6 Å². The molecule has 0 spiro atoms. The molecule has 0 aliphatic carbocycles. The molecule has 1 aliphatic rings. The molecule has 1 fully saturated rings. The van der Waals surface area contributed by atoms with Crippen LogP contribution in [0.2, 0.25) is 5.02 Å². The van der Waals surface area contributed by atoms with Gasteiger partial charge in [0, 0.05) is 47.7 Å².